The fourth-order valence-electron chi connectivity index (χ4n) is 5.57. The van der Waals surface area contributed by atoms with Crippen molar-refractivity contribution in [3.63, 3.8) is 0 Å². The Morgan fingerprint density at radius 3 is 2.52 bits per heavy atom. The molecule has 0 aromatic carbocycles. The Balaban J connectivity index is 1.61. The Kier molecular flexibility index (Phi) is 4.74. The number of hydrogen-bond acceptors (Lipinski definition) is 4. The molecule has 0 aliphatic heterocycles. The number of nitrogens with two attached hydrogens (primary N) is 1. The van der Waals surface area contributed by atoms with Gasteiger partial charge >= 0.3 is 5.97 Å². The largest absolute Gasteiger partial charge is 0.481 e. The highest BCUT2D eigenvalue weighted by atomic mass is 32.1. The normalized spacial score (nSPS) is 31.5. The smallest absolute Gasteiger partial charge is 0.307 e. The molecule has 4 rings (SSSR count). The standard InChI is InChI=1S/C20H26N2O4S/c1-2-9-3-6-12-13(7-9)27-19(16(12)17(21)23)22-18(24)14-10-4-5-11(8-10)15(14)20(25)26/h9-11,14-15H,2-8H2,1H3,(H2,21,23)(H,22,24)(H,25,26)/t9-,10+,11+,14-,15+/m1/s1. The van der Waals surface area contributed by atoms with Crippen LogP contribution in [0.5, 0.6) is 0 Å². The van der Waals surface area contributed by atoms with Crippen LogP contribution in [0.2, 0.25) is 0 Å². The van der Waals surface area contributed by atoms with Gasteiger partial charge in [0.2, 0.25) is 5.91 Å². The van der Waals surface area contributed by atoms with Crippen molar-refractivity contribution in [3.05, 3.63) is 16.0 Å². The van der Waals surface area contributed by atoms with Crippen molar-refractivity contribution in [2.24, 2.45) is 35.3 Å². The third-order valence-corrected chi connectivity index (χ3v) is 8.10. The summed E-state index contributed by atoms with van der Waals surface area (Å²) in [5.74, 6) is -1.95. The lowest BCUT2D eigenvalue weighted by Gasteiger charge is -2.26. The molecular weight excluding hydrogens is 364 g/mol. The van der Waals surface area contributed by atoms with E-state index in [1.165, 1.54) is 11.3 Å². The summed E-state index contributed by atoms with van der Waals surface area (Å²) in [6.07, 6.45) is 6.47. The highest BCUT2D eigenvalue weighted by molar-refractivity contribution is 7.17. The van der Waals surface area contributed by atoms with E-state index in [9.17, 15) is 19.5 Å². The predicted octanol–water partition coefficient (Wildman–Crippen LogP) is 3.05. The molecule has 27 heavy (non-hydrogen) atoms. The van der Waals surface area contributed by atoms with Crippen LogP contribution in [0, 0.1) is 29.6 Å². The second-order valence-electron chi connectivity index (χ2n) is 8.30. The Hall–Kier alpha value is -1.89. The maximum absolute atomic E-state index is 13.0. The number of thiophene rings is 1. The highest BCUT2D eigenvalue weighted by Crippen LogP contribution is 2.53. The van der Waals surface area contributed by atoms with Crippen molar-refractivity contribution in [2.75, 3.05) is 5.32 Å². The third-order valence-electron chi connectivity index (χ3n) is 6.93. The average Bonchev–Trinajstić information content (AvgIpc) is 3.32. The lowest BCUT2D eigenvalue weighted by Crippen LogP contribution is -2.38. The van der Waals surface area contributed by atoms with Crippen LogP contribution in [0.25, 0.3) is 0 Å². The molecule has 146 valence electrons. The number of aliphatic carboxylic acids is 1. The molecule has 6 nitrogen and oxygen atoms in total. The van der Waals surface area contributed by atoms with E-state index in [1.807, 2.05) is 0 Å². The summed E-state index contributed by atoms with van der Waals surface area (Å²) in [6.45, 7) is 2.17. The van der Waals surface area contributed by atoms with E-state index in [1.54, 1.807) is 0 Å². The molecule has 2 bridgehead atoms. The molecule has 0 unspecified atom stereocenters. The molecule has 3 aliphatic carbocycles. The zero-order chi connectivity index (χ0) is 19.3. The van der Waals surface area contributed by atoms with Gasteiger partial charge in [-0.2, -0.15) is 0 Å². The molecule has 3 aliphatic rings. The zero-order valence-electron chi connectivity index (χ0n) is 15.5. The van der Waals surface area contributed by atoms with Gasteiger partial charge in [-0.1, -0.05) is 13.3 Å². The minimum absolute atomic E-state index is 0.0979. The average molecular weight is 391 g/mol. The summed E-state index contributed by atoms with van der Waals surface area (Å²) < 4.78 is 0. The van der Waals surface area contributed by atoms with Crippen LogP contribution in [0.1, 0.15) is 59.8 Å². The van der Waals surface area contributed by atoms with Gasteiger partial charge < -0.3 is 16.2 Å². The Bertz CT molecular complexity index is 802. The molecule has 2 amide bonds. The second-order valence-corrected chi connectivity index (χ2v) is 9.41. The van der Waals surface area contributed by atoms with Crippen LogP contribution in [0.15, 0.2) is 0 Å². The van der Waals surface area contributed by atoms with Crippen LogP contribution in [0.3, 0.4) is 0 Å². The number of rotatable bonds is 5. The van der Waals surface area contributed by atoms with Gasteiger partial charge in [0.05, 0.1) is 17.4 Å². The van der Waals surface area contributed by atoms with E-state index < -0.39 is 23.7 Å². The molecule has 4 N–H and O–H groups in total. The van der Waals surface area contributed by atoms with Crippen molar-refractivity contribution >= 4 is 34.1 Å². The number of primary amides is 1. The monoisotopic (exact) mass is 390 g/mol. The number of hydrogen-bond donors (Lipinski definition) is 3. The molecular formula is C20H26N2O4S. The van der Waals surface area contributed by atoms with Gasteiger partial charge in [0.25, 0.3) is 5.91 Å². The van der Waals surface area contributed by atoms with Gasteiger partial charge in [0, 0.05) is 4.88 Å². The molecule has 7 heteroatoms. The first-order valence-electron chi connectivity index (χ1n) is 9.88. The van der Waals surface area contributed by atoms with Crippen molar-refractivity contribution in [2.45, 2.75) is 51.9 Å². The SMILES string of the molecule is CC[C@@H]1CCc2c(sc(NC(=O)[C@@H]3[C@H]4CC[C@@H](C4)[C@@H]3C(=O)O)c2C(N)=O)C1. The molecule has 0 radical (unpaired) electrons. The summed E-state index contributed by atoms with van der Waals surface area (Å²) in [4.78, 5) is 37.9. The van der Waals surface area contributed by atoms with Gasteiger partial charge in [0.15, 0.2) is 0 Å². The van der Waals surface area contributed by atoms with Gasteiger partial charge in [-0.3, -0.25) is 14.4 Å². The molecule has 1 aromatic rings. The number of amides is 2. The topological polar surface area (TPSA) is 109 Å². The summed E-state index contributed by atoms with van der Waals surface area (Å²) in [5, 5.41) is 13.0. The zero-order valence-corrected chi connectivity index (χ0v) is 16.3. The van der Waals surface area contributed by atoms with Gasteiger partial charge in [-0.05, 0) is 61.8 Å². The number of nitrogens with one attached hydrogen (secondary N) is 1. The molecule has 2 saturated carbocycles. The number of fused-ring (bicyclic) bond motifs is 3. The van der Waals surface area contributed by atoms with E-state index >= 15 is 0 Å². The lowest BCUT2D eigenvalue weighted by atomic mass is 9.78. The summed E-state index contributed by atoms with van der Waals surface area (Å²) in [6, 6.07) is 0. The van der Waals surface area contributed by atoms with Crippen molar-refractivity contribution < 1.29 is 19.5 Å². The maximum atomic E-state index is 13.0. The van der Waals surface area contributed by atoms with Gasteiger partial charge in [-0.25, -0.2) is 0 Å². The van der Waals surface area contributed by atoms with Gasteiger partial charge in [-0.15, -0.1) is 11.3 Å². The molecule has 0 spiro atoms. The summed E-state index contributed by atoms with van der Waals surface area (Å²) in [5.41, 5.74) is 7.06. The number of carboxylic acid groups (broad SMARTS) is 1. The van der Waals surface area contributed by atoms with E-state index in [0.717, 1.165) is 55.4 Å². The van der Waals surface area contributed by atoms with E-state index in [-0.39, 0.29) is 17.7 Å². The first kappa shape index (κ1) is 18.5. The van der Waals surface area contributed by atoms with Crippen molar-refractivity contribution in [1.29, 1.82) is 0 Å². The first-order valence-corrected chi connectivity index (χ1v) is 10.7. The Labute approximate surface area is 162 Å². The fourth-order valence-corrected chi connectivity index (χ4v) is 6.94. The van der Waals surface area contributed by atoms with E-state index in [2.05, 4.69) is 12.2 Å². The fraction of sp³-hybridized carbons (Fsp3) is 0.650. The van der Waals surface area contributed by atoms with Crippen molar-refractivity contribution in [3.8, 4) is 0 Å². The minimum atomic E-state index is -0.881. The Morgan fingerprint density at radius 2 is 1.89 bits per heavy atom. The lowest BCUT2D eigenvalue weighted by molar-refractivity contribution is -0.148. The Morgan fingerprint density at radius 1 is 1.19 bits per heavy atom. The second kappa shape index (κ2) is 6.93. The molecule has 5 atom stereocenters. The third kappa shape index (κ3) is 3.06. The van der Waals surface area contributed by atoms with Crippen LogP contribution >= 0.6 is 11.3 Å². The minimum Gasteiger partial charge on any atom is -0.481 e. The maximum Gasteiger partial charge on any atom is 0.307 e. The molecule has 0 saturated heterocycles. The molecule has 1 aromatic heterocycles. The van der Waals surface area contributed by atoms with Crippen LogP contribution in [0.4, 0.5) is 5.00 Å². The van der Waals surface area contributed by atoms with E-state index in [0.29, 0.717) is 16.5 Å². The number of anilines is 1. The van der Waals surface area contributed by atoms with Crippen LogP contribution < -0.4 is 11.1 Å². The van der Waals surface area contributed by atoms with Crippen LogP contribution in [-0.2, 0) is 22.4 Å². The number of carboxylic acids is 1. The summed E-state index contributed by atoms with van der Waals surface area (Å²) in [7, 11) is 0. The first-order chi connectivity index (χ1) is 12.9. The summed E-state index contributed by atoms with van der Waals surface area (Å²) >= 11 is 1.45. The highest BCUT2D eigenvalue weighted by Gasteiger charge is 2.54. The van der Waals surface area contributed by atoms with Gasteiger partial charge in [0.1, 0.15) is 5.00 Å². The molecule has 1 heterocycles. The molecule has 2 fully saturated rings. The predicted molar refractivity (Wildman–Crippen MR) is 103 cm³/mol. The quantitative estimate of drug-likeness (QED) is 0.718. The number of carbonyl (C=O) groups is 3. The van der Waals surface area contributed by atoms with Crippen molar-refractivity contribution in [1.82, 2.24) is 0 Å². The van der Waals surface area contributed by atoms with E-state index in [4.69, 9.17) is 5.73 Å². The van der Waals surface area contributed by atoms with Crippen LogP contribution in [-0.4, -0.2) is 22.9 Å². The number of carbonyl (C=O) groups excluding carboxylic acids is 2.